The summed E-state index contributed by atoms with van der Waals surface area (Å²) in [5.41, 5.74) is 0. The van der Waals surface area contributed by atoms with Gasteiger partial charge < -0.3 is 10.1 Å². The maximum Gasteiger partial charge on any atom is 0.407 e. The van der Waals surface area contributed by atoms with E-state index in [1.807, 2.05) is 0 Å². The molecule has 0 heterocycles. The summed E-state index contributed by atoms with van der Waals surface area (Å²) in [5.74, 6) is 0. The van der Waals surface area contributed by atoms with Crippen molar-refractivity contribution >= 4 is 12.2 Å². The fourth-order valence-electron chi connectivity index (χ4n) is 1.09. The molecule has 0 bridgehead atoms. The Balaban J connectivity index is 3.14. The van der Waals surface area contributed by atoms with E-state index in [-0.39, 0.29) is 6.61 Å². The Hall–Kier alpha value is -1.42. The highest BCUT2D eigenvalue weighted by molar-refractivity contribution is 5.66. The first-order chi connectivity index (χ1) is 7.81. The van der Waals surface area contributed by atoms with Crippen molar-refractivity contribution in [2.24, 2.45) is 4.99 Å². The third-order valence-corrected chi connectivity index (χ3v) is 1.84. The lowest BCUT2D eigenvalue weighted by atomic mass is 10.2. The molecule has 0 fully saturated rings. The van der Waals surface area contributed by atoms with Crippen molar-refractivity contribution in [1.82, 2.24) is 5.32 Å². The fraction of sp³-hybridized carbons (Fsp3) is 0.800. The third kappa shape index (κ3) is 10.7. The minimum Gasteiger partial charge on any atom is -0.447 e. The van der Waals surface area contributed by atoms with Crippen LogP contribution in [0.15, 0.2) is 4.99 Å². The smallest absolute Gasteiger partial charge is 0.407 e. The lowest BCUT2D eigenvalue weighted by Gasteiger charge is -2.04. The van der Waals surface area contributed by atoms with Crippen LogP contribution >= 0.6 is 0 Å². The number of alkyl halides is 1. The number of rotatable bonds is 9. The van der Waals surface area contributed by atoms with E-state index in [4.69, 9.17) is 0 Å². The first kappa shape index (κ1) is 14.6. The van der Waals surface area contributed by atoms with Gasteiger partial charge in [-0.05, 0) is 12.8 Å². The molecule has 0 unspecified atom stereocenters. The fourth-order valence-corrected chi connectivity index (χ4v) is 1.09. The second-order valence-corrected chi connectivity index (χ2v) is 3.14. The molecule has 0 rings (SSSR count). The average Bonchev–Trinajstić information content (AvgIpc) is 2.30. The Kier molecular flexibility index (Phi) is 10.6. The predicted octanol–water partition coefficient (Wildman–Crippen LogP) is 1.58. The molecule has 92 valence electrons. The normalized spacial score (nSPS) is 9.31. The average molecular weight is 232 g/mol. The minimum atomic E-state index is -0.662. The maximum atomic E-state index is 11.6. The van der Waals surface area contributed by atoms with Gasteiger partial charge in [-0.25, -0.2) is 19.0 Å². The van der Waals surface area contributed by atoms with Gasteiger partial charge in [-0.2, -0.15) is 0 Å². The zero-order chi connectivity index (χ0) is 12.1. The number of alkyl carbamates (subject to hydrolysis) is 1. The lowest BCUT2D eigenvalue weighted by Crippen LogP contribution is -2.25. The molecule has 0 aliphatic heterocycles. The summed E-state index contributed by atoms with van der Waals surface area (Å²) < 4.78 is 16.1. The molecular weight excluding hydrogens is 215 g/mol. The number of hydrogen-bond donors (Lipinski definition) is 1. The van der Waals surface area contributed by atoms with Crippen LogP contribution in [0.1, 0.15) is 25.7 Å². The molecule has 16 heavy (non-hydrogen) atoms. The van der Waals surface area contributed by atoms with Crippen LogP contribution in [-0.2, 0) is 9.53 Å². The lowest BCUT2D eigenvalue weighted by molar-refractivity contribution is 0.137. The van der Waals surface area contributed by atoms with Crippen molar-refractivity contribution in [2.45, 2.75) is 25.7 Å². The monoisotopic (exact) mass is 232 g/mol. The maximum absolute atomic E-state index is 11.6. The van der Waals surface area contributed by atoms with Gasteiger partial charge >= 0.3 is 6.09 Å². The van der Waals surface area contributed by atoms with Crippen molar-refractivity contribution in [3.8, 4) is 0 Å². The van der Waals surface area contributed by atoms with Gasteiger partial charge in [-0.3, -0.25) is 0 Å². The minimum absolute atomic E-state index is 0.199. The van der Waals surface area contributed by atoms with Crippen LogP contribution in [0.5, 0.6) is 0 Å². The molecule has 0 aromatic rings. The summed E-state index contributed by atoms with van der Waals surface area (Å²) in [7, 11) is 0. The molecule has 6 heteroatoms. The standard InChI is InChI=1S/C10H17FN2O3/c11-5-8-16-10(15)13-7-4-2-1-3-6-12-9-14/h1-8H2,(H,13,15). The van der Waals surface area contributed by atoms with Crippen molar-refractivity contribution < 1.29 is 18.7 Å². The van der Waals surface area contributed by atoms with Crippen LogP contribution in [-0.4, -0.2) is 38.5 Å². The van der Waals surface area contributed by atoms with E-state index in [2.05, 4.69) is 15.0 Å². The number of carbonyl (C=O) groups excluding carboxylic acids is 2. The number of unbranched alkanes of at least 4 members (excludes halogenated alkanes) is 3. The summed E-state index contributed by atoms with van der Waals surface area (Å²) in [5, 5.41) is 2.51. The molecule has 0 radical (unpaired) electrons. The van der Waals surface area contributed by atoms with Gasteiger partial charge in [0.05, 0.1) is 6.54 Å². The van der Waals surface area contributed by atoms with E-state index in [1.165, 1.54) is 6.08 Å². The van der Waals surface area contributed by atoms with E-state index in [0.29, 0.717) is 13.1 Å². The number of hydrogen-bond acceptors (Lipinski definition) is 4. The predicted molar refractivity (Wildman–Crippen MR) is 56.8 cm³/mol. The van der Waals surface area contributed by atoms with Crippen molar-refractivity contribution in [2.75, 3.05) is 26.4 Å². The number of halogens is 1. The van der Waals surface area contributed by atoms with Gasteiger partial charge in [-0.15, -0.1) is 0 Å². The molecule has 0 aliphatic rings. The molecular formula is C10H17FN2O3. The molecule has 0 aromatic heterocycles. The van der Waals surface area contributed by atoms with E-state index < -0.39 is 12.8 Å². The molecule has 5 nitrogen and oxygen atoms in total. The topological polar surface area (TPSA) is 67.8 Å². The third-order valence-electron chi connectivity index (χ3n) is 1.84. The van der Waals surface area contributed by atoms with Gasteiger partial charge in [0.25, 0.3) is 0 Å². The molecule has 0 atom stereocenters. The Morgan fingerprint density at radius 2 is 2.06 bits per heavy atom. The van der Waals surface area contributed by atoms with E-state index in [0.717, 1.165) is 25.7 Å². The van der Waals surface area contributed by atoms with Gasteiger partial charge in [0.1, 0.15) is 13.3 Å². The van der Waals surface area contributed by atoms with Gasteiger partial charge in [-0.1, -0.05) is 12.8 Å². The second-order valence-electron chi connectivity index (χ2n) is 3.14. The van der Waals surface area contributed by atoms with Crippen molar-refractivity contribution in [1.29, 1.82) is 0 Å². The summed E-state index contributed by atoms with van der Waals surface area (Å²) in [4.78, 5) is 24.0. The van der Waals surface area contributed by atoms with E-state index in [1.54, 1.807) is 0 Å². The van der Waals surface area contributed by atoms with Crippen LogP contribution < -0.4 is 5.32 Å². The summed E-state index contributed by atoms with van der Waals surface area (Å²) in [6.45, 7) is 0.164. The molecule has 0 aromatic carbocycles. The Bertz CT molecular complexity index is 230. The number of amides is 1. The number of nitrogens with zero attached hydrogens (tertiary/aromatic N) is 1. The van der Waals surface area contributed by atoms with Crippen LogP contribution in [0, 0.1) is 0 Å². The van der Waals surface area contributed by atoms with E-state index >= 15 is 0 Å². The SMILES string of the molecule is O=C=NCCCCCCNC(=O)OCCF. The van der Waals surface area contributed by atoms with Crippen LogP contribution in [0.2, 0.25) is 0 Å². The van der Waals surface area contributed by atoms with Crippen LogP contribution in [0.4, 0.5) is 9.18 Å². The van der Waals surface area contributed by atoms with Gasteiger partial charge in [0.15, 0.2) is 0 Å². The van der Waals surface area contributed by atoms with Gasteiger partial charge in [0, 0.05) is 6.54 Å². The number of isocyanates is 1. The van der Waals surface area contributed by atoms with Crippen LogP contribution in [0.25, 0.3) is 0 Å². The number of nitrogens with one attached hydrogen (secondary N) is 1. The van der Waals surface area contributed by atoms with Gasteiger partial charge in [0.2, 0.25) is 6.08 Å². The number of aliphatic imine (C=N–C) groups is 1. The molecule has 1 N–H and O–H groups in total. The molecule has 1 amide bonds. The quantitative estimate of drug-likeness (QED) is 0.373. The largest absolute Gasteiger partial charge is 0.447 e. The molecule has 0 spiro atoms. The molecule has 0 saturated heterocycles. The Morgan fingerprint density at radius 3 is 2.75 bits per heavy atom. The van der Waals surface area contributed by atoms with Crippen molar-refractivity contribution in [3.05, 3.63) is 0 Å². The highest BCUT2D eigenvalue weighted by Gasteiger charge is 1.99. The highest BCUT2D eigenvalue weighted by atomic mass is 19.1. The summed E-state index contributed by atoms with van der Waals surface area (Å²) in [6, 6.07) is 0. The highest BCUT2D eigenvalue weighted by Crippen LogP contribution is 1.98. The molecule has 0 saturated carbocycles. The zero-order valence-corrected chi connectivity index (χ0v) is 9.21. The van der Waals surface area contributed by atoms with E-state index in [9.17, 15) is 14.0 Å². The van der Waals surface area contributed by atoms with Crippen LogP contribution in [0.3, 0.4) is 0 Å². The number of carbonyl (C=O) groups is 1. The summed E-state index contributed by atoms with van der Waals surface area (Å²) >= 11 is 0. The second kappa shape index (κ2) is 11.7. The Morgan fingerprint density at radius 1 is 1.31 bits per heavy atom. The first-order valence-corrected chi connectivity index (χ1v) is 5.31. The number of ether oxygens (including phenoxy) is 1. The summed E-state index contributed by atoms with van der Waals surface area (Å²) in [6.07, 6.45) is 4.47. The first-order valence-electron chi connectivity index (χ1n) is 5.31. The zero-order valence-electron chi connectivity index (χ0n) is 9.21. The Labute approximate surface area is 94.1 Å². The molecule has 0 aliphatic carbocycles. The van der Waals surface area contributed by atoms with Crippen molar-refractivity contribution in [3.63, 3.8) is 0 Å².